The van der Waals surface area contributed by atoms with Crippen molar-refractivity contribution in [3.8, 4) is 5.75 Å². The molecular formula is C13H13N3O3. The van der Waals surface area contributed by atoms with Crippen LogP contribution in [0.5, 0.6) is 5.75 Å². The van der Waals surface area contributed by atoms with Crippen molar-refractivity contribution in [2.24, 2.45) is 0 Å². The predicted octanol–water partition coefficient (Wildman–Crippen LogP) is 2.35. The molecule has 0 radical (unpaired) electrons. The highest BCUT2D eigenvalue weighted by atomic mass is 16.6. The minimum Gasteiger partial charge on any atom is -0.508 e. The number of benzene rings is 1. The Balaban J connectivity index is 1.85. The van der Waals surface area contributed by atoms with Gasteiger partial charge in [0, 0.05) is 12.6 Å². The fourth-order valence-electron chi connectivity index (χ4n) is 1.60. The molecule has 0 unspecified atom stereocenters. The SMILES string of the molecule is O=[N+]([O-])c1ccc(NCCc2ccc(O)cc2)nc1. The van der Waals surface area contributed by atoms with E-state index in [1.807, 2.05) is 12.1 Å². The van der Waals surface area contributed by atoms with Crippen molar-refractivity contribution >= 4 is 11.5 Å². The number of nitrogens with one attached hydrogen (secondary N) is 1. The molecule has 1 aromatic carbocycles. The van der Waals surface area contributed by atoms with Crippen molar-refractivity contribution in [3.63, 3.8) is 0 Å². The zero-order valence-corrected chi connectivity index (χ0v) is 10.1. The van der Waals surface area contributed by atoms with Crippen LogP contribution < -0.4 is 5.32 Å². The molecule has 1 heterocycles. The van der Waals surface area contributed by atoms with Crippen LogP contribution in [-0.4, -0.2) is 21.6 Å². The molecule has 0 aliphatic carbocycles. The van der Waals surface area contributed by atoms with Gasteiger partial charge in [0.25, 0.3) is 5.69 Å². The van der Waals surface area contributed by atoms with Crippen molar-refractivity contribution in [2.45, 2.75) is 6.42 Å². The van der Waals surface area contributed by atoms with Gasteiger partial charge < -0.3 is 10.4 Å². The quantitative estimate of drug-likeness (QED) is 0.635. The van der Waals surface area contributed by atoms with Crippen LogP contribution in [0.4, 0.5) is 11.5 Å². The first-order valence-corrected chi connectivity index (χ1v) is 5.77. The van der Waals surface area contributed by atoms with E-state index in [9.17, 15) is 10.1 Å². The maximum Gasteiger partial charge on any atom is 0.287 e. The zero-order valence-electron chi connectivity index (χ0n) is 10.1. The molecule has 98 valence electrons. The second-order valence-corrected chi connectivity index (χ2v) is 4.00. The lowest BCUT2D eigenvalue weighted by atomic mass is 10.1. The molecule has 0 bridgehead atoms. The highest BCUT2D eigenvalue weighted by Gasteiger charge is 2.04. The van der Waals surface area contributed by atoms with E-state index in [1.165, 1.54) is 12.3 Å². The highest BCUT2D eigenvalue weighted by Crippen LogP contribution is 2.13. The molecule has 0 amide bonds. The van der Waals surface area contributed by atoms with E-state index in [-0.39, 0.29) is 11.4 Å². The Kier molecular flexibility index (Phi) is 3.92. The van der Waals surface area contributed by atoms with E-state index in [2.05, 4.69) is 10.3 Å². The monoisotopic (exact) mass is 259 g/mol. The number of hydrogen-bond acceptors (Lipinski definition) is 5. The smallest absolute Gasteiger partial charge is 0.287 e. The third-order valence-corrected chi connectivity index (χ3v) is 2.61. The number of nitro groups is 1. The summed E-state index contributed by atoms with van der Waals surface area (Å²) in [6, 6.07) is 9.96. The summed E-state index contributed by atoms with van der Waals surface area (Å²) in [6.45, 7) is 0.662. The van der Waals surface area contributed by atoms with E-state index >= 15 is 0 Å². The fraction of sp³-hybridized carbons (Fsp3) is 0.154. The van der Waals surface area contributed by atoms with Crippen LogP contribution in [0.25, 0.3) is 0 Å². The largest absolute Gasteiger partial charge is 0.508 e. The number of phenols is 1. The molecular weight excluding hydrogens is 246 g/mol. The minimum absolute atomic E-state index is 0.0240. The topological polar surface area (TPSA) is 88.3 Å². The van der Waals surface area contributed by atoms with Crippen LogP contribution in [0.3, 0.4) is 0 Å². The Bertz CT molecular complexity index is 552. The summed E-state index contributed by atoms with van der Waals surface area (Å²) in [5.74, 6) is 0.845. The Morgan fingerprint density at radius 2 is 1.95 bits per heavy atom. The van der Waals surface area contributed by atoms with E-state index in [0.717, 1.165) is 12.0 Å². The molecule has 0 aliphatic rings. The van der Waals surface area contributed by atoms with Crippen molar-refractivity contribution < 1.29 is 10.0 Å². The van der Waals surface area contributed by atoms with Crippen LogP contribution in [0.1, 0.15) is 5.56 Å². The first-order chi connectivity index (χ1) is 9.15. The van der Waals surface area contributed by atoms with Gasteiger partial charge in [-0.2, -0.15) is 0 Å². The average molecular weight is 259 g/mol. The van der Waals surface area contributed by atoms with Crippen LogP contribution in [0.2, 0.25) is 0 Å². The molecule has 2 rings (SSSR count). The number of anilines is 1. The van der Waals surface area contributed by atoms with Gasteiger partial charge in [-0.05, 0) is 30.2 Å². The lowest BCUT2D eigenvalue weighted by Gasteiger charge is -2.05. The van der Waals surface area contributed by atoms with Crippen molar-refractivity contribution in [2.75, 3.05) is 11.9 Å². The maximum atomic E-state index is 10.5. The number of nitrogens with zero attached hydrogens (tertiary/aromatic N) is 2. The Morgan fingerprint density at radius 3 is 2.53 bits per heavy atom. The van der Waals surface area contributed by atoms with Crippen LogP contribution in [-0.2, 0) is 6.42 Å². The second-order valence-electron chi connectivity index (χ2n) is 4.00. The summed E-state index contributed by atoms with van der Waals surface area (Å²) in [6.07, 6.45) is 2.00. The highest BCUT2D eigenvalue weighted by molar-refractivity contribution is 5.40. The van der Waals surface area contributed by atoms with Gasteiger partial charge in [0.15, 0.2) is 0 Å². The van der Waals surface area contributed by atoms with Crippen LogP contribution in [0.15, 0.2) is 42.6 Å². The van der Waals surface area contributed by atoms with Gasteiger partial charge in [0.05, 0.1) is 4.92 Å². The van der Waals surface area contributed by atoms with E-state index in [4.69, 9.17) is 5.11 Å². The Hall–Kier alpha value is -2.63. The van der Waals surface area contributed by atoms with Gasteiger partial charge in [-0.15, -0.1) is 0 Å². The molecule has 6 heteroatoms. The molecule has 2 aromatic rings. The number of aromatic hydroxyl groups is 1. The Morgan fingerprint density at radius 1 is 1.21 bits per heavy atom. The van der Waals surface area contributed by atoms with Gasteiger partial charge in [-0.25, -0.2) is 4.98 Å². The Labute approximate surface area is 109 Å². The average Bonchev–Trinajstić information content (AvgIpc) is 2.41. The molecule has 0 fully saturated rings. The molecule has 2 N–H and O–H groups in total. The summed E-state index contributed by atoms with van der Waals surface area (Å²) < 4.78 is 0. The summed E-state index contributed by atoms with van der Waals surface area (Å²) in [5, 5.41) is 22.7. The number of pyridine rings is 1. The molecule has 19 heavy (non-hydrogen) atoms. The summed E-state index contributed by atoms with van der Waals surface area (Å²) in [5.41, 5.74) is 1.07. The fourth-order valence-corrected chi connectivity index (χ4v) is 1.60. The van der Waals surface area contributed by atoms with Crippen LogP contribution in [0, 0.1) is 10.1 Å². The summed E-state index contributed by atoms with van der Waals surface area (Å²) in [4.78, 5) is 13.9. The van der Waals surface area contributed by atoms with Gasteiger partial charge in [0.2, 0.25) is 0 Å². The van der Waals surface area contributed by atoms with Gasteiger partial charge in [-0.1, -0.05) is 12.1 Å². The predicted molar refractivity (Wildman–Crippen MR) is 71.2 cm³/mol. The molecule has 0 aliphatic heterocycles. The molecule has 6 nitrogen and oxygen atoms in total. The van der Waals surface area contributed by atoms with Crippen molar-refractivity contribution in [3.05, 3.63) is 58.3 Å². The molecule has 0 saturated heterocycles. The first kappa shape index (κ1) is 12.8. The zero-order chi connectivity index (χ0) is 13.7. The van der Waals surface area contributed by atoms with Crippen molar-refractivity contribution in [1.29, 1.82) is 0 Å². The number of aromatic nitrogens is 1. The molecule has 0 atom stereocenters. The number of hydrogen-bond donors (Lipinski definition) is 2. The molecule has 0 spiro atoms. The second kappa shape index (κ2) is 5.81. The minimum atomic E-state index is -0.479. The van der Waals surface area contributed by atoms with Gasteiger partial charge >= 0.3 is 0 Å². The van der Waals surface area contributed by atoms with E-state index in [0.29, 0.717) is 12.4 Å². The van der Waals surface area contributed by atoms with E-state index < -0.39 is 4.92 Å². The third-order valence-electron chi connectivity index (χ3n) is 2.61. The lowest BCUT2D eigenvalue weighted by molar-refractivity contribution is -0.385. The van der Waals surface area contributed by atoms with Crippen LogP contribution >= 0.6 is 0 Å². The number of rotatable bonds is 5. The first-order valence-electron chi connectivity index (χ1n) is 5.77. The maximum absolute atomic E-state index is 10.5. The third kappa shape index (κ3) is 3.67. The van der Waals surface area contributed by atoms with Gasteiger partial charge in [-0.3, -0.25) is 10.1 Å². The summed E-state index contributed by atoms with van der Waals surface area (Å²) in [7, 11) is 0. The normalized spacial score (nSPS) is 10.1. The molecule has 1 aromatic heterocycles. The standard InChI is InChI=1S/C13H13N3O3/c17-12-4-1-10(2-5-12)7-8-14-13-6-3-11(9-15-13)16(18)19/h1-6,9,17H,7-8H2,(H,14,15). The van der Waals surface area contributed by atoms with E-state index in [1.54, 1.807) is 18.2 Å². The number of phenolic OH excluding ortho intramolecular Hbond substituents is 1. The van der Waals surface area contributed by atoms with Crippen molar-refractivity contribution in [1.82, 2.24) is 4.98 Å². The summed E-state index contributed by atoms with van der Waals surface area (Å²) >= 11 is 0. The lowest BCUT2D eigenvalue weighted by Crippen LogP contribution is -2.06. The van der Waals surface area contributed by atoms with Gasteiger partial charge in [0.1, 0.15) is 17.8 Å². The molecule has 0 saturated carbocycles.